The van der Waals surface area contributed by atoms with E-state index in [-0.39, 0.29) is 11.3 Å². The van der Waals surface area contributed by atoms with E-state index in [1.807, 2.05) is 24.3 Å². The van der Waals surface area contributed by atoms with E-state index in [1.54, 1.807) is 13.2 Å². The van der Waals surface area contributed by atoms with Gasteiger partial charge in [0.25, 0.3) is 5.91 Å². The molecule has 0 saturated carbocycles. The van der Waals surface area contributed by atoms with Crippen LogP contribution in [0.5, 0.6) is 0 Å². The van der Waals surface area contributed by atoms with E-state index < -0.39 is 23.5 Å². The summed E-state index contributed by atoms with van der Waals surface area (Å²) in [6.07, 6.45) is 1.99. The highest BCUT2D eigenvalue weighted by molar-refractivity contribution is 6.15. The molecule has 1 amide bonds. The lowest BCUT2D eigenvalue weighted by Crippen LogP contribution is -2.32. The number of hydrogen-bond acceptors (Lipinski definition) is 5. The van der Waals surface area contributed by atoms with Gasteiger partial charge in [0, 0.05) is 20.3 Å². The van der Waals surface area contributed by atoms with Crippen LogP contribution in [0, 0.1) is 0 Å². The lowest BCUT2D eigenvalue weighted by molar-refractivity contribution is -0.129. The van der Waals surface area contributed by atoms with Gasteiger partial charge in [0.1, 0.15) is 0 Å². The fourth-order valence-corrected chi connectivity index (χ4v) is 3.45. The van der Waals surface area contributed by atoms with Crippen LogP contribution in [0.15, 0.2) is 58.4 Å². The van der Waals surface area contributed by atoms with Crippen LogP contribution in [0.25, 0.3) is 0 Å². The summed E-state index contributed by atoms with van der Waals surface area (Å²) in [6, 6.07) is 10.3. The molecular weight excluding hydrogens is 358 g/mol. The van der Waals surface area contributed by atoms with Crippen LogP contribution >= 0.6 is 0 Å². The van der Waals surface area contributed by atoms with Gasteiger partial charge < -0.3 is 19.2 Å². The number of nitrogens with zero attached hydrogens (tertiary/aromatic N) is 1. The van der Waals surface area contributed by atoms with Gasteiger partial charge in [-0.2, -0.15) is 0 Å². The lowest BCUT2D eigenvalue weighted by Gasteiger charge is -2.27. The number of ether oxygens (including phenoxy) is 1. The Morgan fingerprint density at radius 1 is 1.25 bits per heavy atom. The molecule has 1 aliphatic heterocycles. The monoisotopic (exact) mass is 383 g/mol. The van der Waals surface area contributed by atoms with Crippen LogP contribution in [0.3, 0.4) is 0 Å². The summed E-state index contributed by atoms with van der Waals surface area (Å²) in [5.41, 5.74) is 1.98. The van der Waals surface area contributed by atoms with Crippen molar-refractivity contribution in [3.63, 3.8) is 0 Å². The predicted octanol–water partition coefficient (Wildman–Crippen LogP) is 4.02. The number of hydrogen-bond donors (Lipinski definition) is 1. The number of aliphatic hydroxyl groups is 1. The molecular formula is C22H25NO5. The van der Waals surface area contributed by atoms with Gasteiger partial charge in [-0.3, -0.25) is 9.59 Å². The first-order valence-corrected chi connectivity index (χ1v) is 9.36. The van der Waals surface area contributed by atoms with Crippen molar-refractivity contribution in [2.75, 3.05) is 20.3 Å². The van der Waals surface area contributed by atoms with Crippen LogP contribution in [0.4, 0.5) is 0 Å². The minimum atomic E-state index is -0.664. The van der Waals surface area contributed by atoms with E-state index in [1.165, 1.54) is 17.2 Å². The van der Waals surface area contributed by atoms with E-state index in [4.69, 9.17) is 9.15 Å². The Balaban J connectivity index is 2.01. The summed E-state index contributed by atoms with van der Waals surface area (Å²) in [4.78, 5) is 27.2. The highest BCUT2D eigenvalue weighted by atomic mass is 16.5. The molecule has 2 aromatic rings. The SMILES string of the molecule is COCCCN1C(=O)C(O)=C(C(=O)c2ccco2)[C@H]1c1ccc(C(C)C)cc1. The number of ketones is 1. The molecule has 148 valence electrons. The number of carbonyl (C=O) groups is 2. The Hall–Kier alpha value is -2.86. The largest absolute Gasteiger partial charge is 0.503 e. The van der Waals surface area contributed by atoms with E-state index in [9.17, 15) is 14.7 Å². The first kappa shape index (κ1) is 19.9. The molecule has 0 spiro atoms. The van der Waals surface area contributed by atoms with Crippen LogP contribution in [0.2, 0.25) is 0 Å². The van der Waals surface area contributed by atoms with Gasteiger partial charge in [-0.25, -0.2) is 0 Å². The zero-order valence-electron chi connectivity index (χ0n) is 16.3. The normalized spacial score (nSPS) is 17.1. The molecule has 28 heavy (non-hydrogen) atoms. The van der Waals surface area contributed by atoms with Gasteiger partial charge >= 0.3 is 0 Å². The maximum Gasteiger partial charge on any atom is 0.290 e. The summed E-state index contributed by atoms with van der Waals surface area (Å²) in [6.45, 7) is 5.04. The highest BCUT2D eigenvalue weighted by Crippen LogP contribution is 2.39. The van der Waals surface area contributed by atoms with Crippen LogP contribution < -0.4 is 0 Å². The second kappa shape index (κ2) is 8.44. The number of aliphatic hydroxyl groups excluding tert-OH is 1. The van der Waals surface area contributed by atoms with Crippen LogP contribution in [-0.4, -0.2) is 42.0 Å². The topological polar surface area (TPSA) is 80.0 Å². The second-order valence-corrected chi connectivity index (χ2v) is 7.14. The number of Topliss-reactive ketones (excluding diaryl/α,β-unsaturated/α-hetero) is 1. The summed E-state index contributed by atoms with van der Waals surface area (Å²) in [7, 11) is 1.59. The molecule has 3 rings (SSSR count). The Labute approximate surface area is 164 Å². The Morgan fingerprint density at radius 2 is 1.96 bits per heavy atom. The number of methoxy groups -OCH3 is 1. The van der Waals surface area contributed by atoms with Crippen molar-refractivity contribution in [2.45, 2.75) is 32.2 Å². The summed E-state index contributed by atoms with van der Waals surface area (Å²) in [5, 5.41) is 10.5. The minimum Gasteiger partial charge on any atom is -0.503 e. The summed E-state index contributed by atoms with van der Waals surface area (Å²) < 4.78 is 10.3. The number of benzene rings is 1. The molecule has 1 aliphatic rings. The molecule has 6 heteroatoms. The highest BCUT2D eigenvalue weighted by Gasteiger charge is 2.44. The molecule has 1 aromatic carbocycles. The third kappa shape index (κ3) is 3.73. The van der Waals surface area contributed by atoms with Gasteiger partial charge in [0.15, 0.2) is 11.5 Å². The quantitative estimate of drug-likeness (QED) is 0.550. The molecule has 0 unspecified atom stereocenters. The zero-order chi connectivity index (χ0) is 20.3. The smallest absolute Gasteiger partial charge is 0.290 e. The number of furan rings is 1. The van der Waals surface area contributed by atoms with Gasteiger partial charge in [-0.15, -0.1) is 0 Å². The van der Waals surface area contributed by atoms with E-state index in [0.29, 0.717) is 25.5 Å². The van der Waals surface area contributed by atoms with Crippen LogP contribution in [-0.2, 0) is 9.53 Å². The summed E-state index contributed by atoms with van der Waals surface area (Å²) >= 11 is 0. The van der Waals surface area contributed by atoms with Gasteiger partial charge in [0.2, 0.25) is 5.78 Å². The van der Waals surface area contributed by atoms with Crippen molar-refractivity contribution in [3.05, 3.63) is 70.9 Å². The van der Waals surface area contributed by atoms with Crippen molar-refractivity contribution < 1.29 is 23.8 Å². The number of rotatable bonds is 8. The fraction of sp³-hybridized carbons (Fsp3) is 0.364. The zero-order valence-corrected chi connectivity index (χ0v) is 16.3. The van der Waals surface area contributed by atoms with Gasteiger partial charge in [-0.05, 0) is 35.6 Å². The van der Waals surface area contributed by atoms with E-state index in [2.05, 4.69) is 13.8 Å². The van der Waals surface area contributed by atoms with E-state index >= 15 is 0 Å². The molecule has 6 nitrogen and oxygen atoms in total. The third-order valence-corrected chi connectivity index (χ3v) is 4.96. The molecule has 1 N–H and O–H groups in total. The number of amides is 1. The Bertz CT molecular complexity index is 865. The second-order valence-electron chi connectivity index (χ2n) is 7.14. The van der Waals surface area contributed by atoms with Crippen molar-refractivity contribution in [1.82, 2.24) is 4.90 Å². The van der Waals surface area contributed by atoms with Gasteiger partial charge in [0.05, 0.1) is 17.9 Å². The van der Waals surface area contributed by atoms with Crippen LogP contribution in [0.1, 0.15) is 53.9 Å². The van der Waals surface area contributed by atoms with Crippen molar-refractivity contribution in [3.8, 4) is 0 Å². The third-order valence-electron chi connectivity index (χ3n) is 4.96. The molecule has 0 fully saturated rings. The fourth-order valence-electron chi connectivity index (χ4n) is 3.45. The van der Waals surface area contributed by atoms with Crippen molar-refractivity contribution in [1.29, 1.82) is 0 Å². The maximum atomic E-state index is 13.0. The number of carbonyl (C=O) groups excluding carboxylic acids is 2. The molecule has 2 heterocycles. The minimum absolute atomic E-state index is 0.0506. The molecule has 1 aromatic heterocycles. The predicted molar refractivity (Wildman–Crippen MR) is 104 cm³/mol. The average molecular weight is 383 g/mol. The Morgan fingerprint density at radius 3 is 2.54 bits per heavy atom. The van der Waals surface area contributed by atoms with Crippen molar-refractivity contribution in [2.24, 2.45) is 0 Å². The standard InChI is InChI=1S/C22H25NO5/c1-14(2)15-7-9-16(10-8-15)19-18(20(24)17-6-4-13-28-17)21(25)22(26)23(19)11-5-12-27-3/h4,6-10,13-14,19,25H,5,11-12H2,1-3H3/t19-/m1/s1. The maximum absolute atomic E-state index is 13.0. The van der Waals surface area contributed by atoms with Crippen molar-refractivity contribution >= 4 is 11.7 Å². The molecule has 0 aliphatic carbocycles. The Kier molecular flexibility index (Phi) is 5.99. The first-order chi connectivity index (χ1) is 13.5. The lowest BCUT2D eigenvalue weighted by atomic mass is 9.93. The molecule has 0 saturated heterocycles. The molecule has 0 bridgehead atoms. The van der Waals surface area contributed by atoms with Gasteiger partial charge in [-0.1, -0.05) is 38.1 Å². The molecule has 0 radical (unpaired) electrons. The molecule has 1 atom stereocenters. The van der Waals surface area contributed by atoms with E-state index in [0.717, 1.165) is 11.1 Å². The summed E-state index contributed by atoms with van der Waals surface area (Å²) in [5.74, 6) is -1.09. The average Bonchev–Trinajstić information content (AvgIpc) is 3.31. The first-order valence-electron chi connectivity index (χ1n) is 9.36.